The van der Waals surface area contributed by atoms with Gasteiger partial charge in [0.25, 0.3) is 0 Å². The van der Waals surface area contributed by atoms with Crippen molar-refractivity contribution in [3.63, 3.8) is 0 Å². The number of Topliss-reactive ketones (excluding diaryl/α,β-unsaturated/α-hetero) is 1. The van der Waals surface area contributed by atoms with Crippen LogP contribution in [-0.2, 0) is 0 Å². The molecule has 10 heavy (non-hydrogen) atoms. The van der Waals surface area contributed by atoms with Gasteiger partial charge in [0.05, 0.1) is 11.8 Å². The van der Waals surface area contributed by atoms with Crippen LogP contribution in [0.2, 0.25) is 0 Å². The molecule has 0 saturated heterocycles. The second kappa shape index (κ2) is 4.56. The van der Waals surface area contributed by atoms with E-state index in [1.807, 2.05) is 0 Å². The number of rotatable bonds is 1. The van der Waals surface area contributed by atoms with Crippen LogP contribution in [-0.4, -0.2) is 5.78 Å². The van der Waals surface area contributed by atoms with Crippen molar-refractivity contribution in [1.29, 1.82) is 0 Å². The van der Waals surface area contributed by atoms with Gasteiger partial charge in [-0.15, -0.1) is 13.2 Å². The molecule has 54 valence electrons. The summed E-state index contributed by atoms with van der Waals surface area (Å²) in [6.45, 7) is 7.50. The smallest absolute Gasteiger partial charge is 0.163 e. The van der Waals surface area contributed by atoms with E-state index in [0.29, 0.717) is 5.56 Å². The minimum Gasteiger partial charge on any atom is -0.472 e. The van der Waals surface area contributed by atoms with Gasteiger partial charge in [-0.3, -0.25) is 4.79 Å². The molecular weight excluding hydrogens is 128 g/mol. The number of furan rings is 1. The molecule has 0 unspecified atom stereocenters. The van der Waals surface area contributed by atoms with Crippen LogP contribution >= 0.6 is 0 Å². The average molecular weight is 138 g/mol. The average Bonchev–Trinajstić information content (AvgIpc) is 2.42. The monoisotopic (exact) mass is 138 g/mol. The molecule has 0 aromatic carbocycles. The maximum atomic E-state index is 10.4. The molecule has 1 aromatic heterocycles. The Labute approximate surface area is 60.2 Å². The molecule has 2 nitrogen and oxygen atoms in total. The summed E-state index contributed by atoms with van der Waals surface area (Å²) in [4.78, 5) is 10.4. The van der Waals surface area contributed by atoms with E-state index in [2.05, 4.69) is 17.6 Å². The largest absolute Gasteiger partial charge is 0.472 e. The van der Waals surface area contributed by atoms with Gasteiger partial charge in [-0.2, -0.15) is 0 Å². The summed E-state index contributed by atoms with van der Waals surface area (Å²) in [6.07, 6.45) is 2.92. The molecule has 0 aliphatic heterocycles. The highest BCUT2D eigenvalue weighted by Crippen LogP contribution is 1.98. The van der Waals surface area contributed by atoms with Gasteiger partial charge in [0.1, 0.15) is 6.26 Å². The van der Waals surface area contributed by atoms with E-state index in [-0.39, 0.29) is 5.78 Å². The molecule has 1 heterocycles. The number of hydrogen-bond acceptors (Lipinski definition) is 2. The van der Waals surface area contributed by atoms with Crippen LogP contribution in [0.25, 0.3) is 0 Å². The second-order valence-electron chi connectivity index (χ2n) is 1.57. The Balaban J connectivity index is 0.000000371. The van der Waals surface area contributed by atoms with Crippen LogP contribution in [0.15, 0.2) is 36.2 Å². The molecule has 0 atom stereocenters. The second-order valence-corrected chi connectivity index (χ2v) is 1.57. The van der Waals surface area contributed by atoms with Crippen LogP contribution in [0, 0.1) is 0 Å². The Kier molecular flexibility index (Phi) is 3.96. The fraction of sp³-hybridized carbons (Fsp3) is 0.125. The van der Waals surface area contributed by atoms with Gasteiger partial charge < -0.3 is 4.42 Å². The molecule has 0 amide bonds. The predicted octanol–water partition coefficient (Wildman–Crippen LogP) is 2.28. The van der Waals surface area contributed by atoms with E-state index in [1.165, 1.54) is 19.5 Å². The van der Waals surface area contributed by atoms with E-state index < -0.39 is 0 Å². The van der Waals surface area contributed by atoms with Crippen LogP contribution in [0.1, 0.15) is 17.3 Å². The first-order valence-corrected chi connectivity index (χ1v) is 2.84. The lowest BCUT2D eigenvalue weighted by molar-refractivity contribution is 0.101. The lowest BCUT2D eigenvalue weighted by Gasteiger charge is -1.78. The molecular formula is C8H10O2. The normalized spacial score (nSPS) is 7.70. The first-order chi connectivity index (χ1) is 4.80. The van der Waals surface area contributed by atoms with Crippen LogP contribution in [0.4, 0.5) is 0 Å². The van der Waals surface area contributed by atoms with Crippen molar-refractivity contribution in [3.8, 4) is 0 Å². The third kappa shape index (κ3) is 2.31. The minimum atomic E-state index is 0.0405. The minimum absolute atomic E-state index is 0.0405. The molecule has 1 rings (SSSR count). The van der Waals surface area contributed by atoms with Crippen molar-refractivity contribution < 1.29 is 9.21 Å². The van der Waals surface area contributed by atoms with E-state index in [0.717, 1.165) is 0 Å². The SMILES string of the molecule is C=C.CC(=O)c1ccoc1. The van der Waals surface area contributed by atoms with Gasteiger partial charge >= 0.3 is 0 Å². The summed E-state index contributed by atoms with van der Waals surface area (Å²) in [7, 11) is 0. The summed E-state index contributed by atoms with van der Waals surface area (Å²) in [6, 6.07) is 1.64. The zero-order valence-corrected chi connectivity index (χ0v) is 5.96. The van der Waals surface area contributed by atoms with Gasteiger partial charge in [0.15, 0.2) is 5.78 Å². The topological polar surface area (TPSA) is 30.2 Å². The lowest BCUT2D eigenvalue weighted by atomic mass is 10.2. The maximum absolute atomic E-state index is 10.4. The number of carbonyl (C=O) groups excluding carboxylic acids is 1. The number of hydrogen-bond donors (Lipinski definition) is 0. The van der Waals surface area contributed by atoms with Gasteiger partial charge in [-0.1, -0.05) is 0 Å². The molecule has 1 aromatic rings. The van der Waals surface area contributed by atoms with Crippen LogP contribution in [0.5, 0.6) is 0 Å². The quantitative estimate of drug-likeness (QED) is 0.440. The van der Waals surface area contributed by atoms with Gasteiger partial charge in [-0.25, -0.2) is 0 Å². The lowest BCUT2D eigenvalue weighted by Crippen LogP contribution is -1.85. The highest BCUT2D eigenvalue weighted by Gasteiger charge is 1.96. The Hall–Kier alpha value is -1.31. The highest BCUT2D eigenvalue weighted by atomic mass is 16.3. The maximum Gasteiger partial charge on any atom is 0.163 e. The molecule has 0 spiro atoms. The van der Waals surface area contributed by atoms with Gasteiger partial charge in [0.2, 0.25) is 0 Å². The van der Waals surface area contributed by atoms with E-state index in [4.69, 9.17) is 0 Å². The van der Waals surface area contributed by atoms with Crippen molar-refractivity contribution in [2.24, 2.45) is 0 Å². The Bertz CT molecular complexity index is 187. The van der Waals surface area contributed by atoms with Crippen molar-refractivity contribution in [2.45, 2.75) is 6.92 Å². The zero-order chi connectivity index (χ0) is 7.98. The van der Waals surface area contributed by atoms with Crippen molar-refractivity contribution in [2.75, 3.05) is 0 Å². The summed E-state index contributed by atoms with van der Waals surface area (Å²) in [5, 5.41) is 0. The van der Waals surface area contributed by atoms with E-state index >= 15 is 0 Å². The van der Waals surface area contributed by atoms with E-state index in [9.17, 15) is 4.79 Å². The first kappa shape index (κ1) is 8.69. The number of ketones is 1. The molecule has 0 fully saturated rings. The summed E-state index contributed by atoms with van der Waals surface area (Å²) in [5.41, 5.74) is 0.630. The van der Waals surface area contributed by atoms with Crippen molar-refractivity contribution >= 4 is 5.78 Å². The number of carbonyl (C=O) groups is 1. The molecule has 0 aliphatic carbocycles. The Morgan fingerprint density at radius 3 is 2.40 bits per heavy atom. The van der Waals surface area contributed by atoms with Crippen molar-refractivity contribution in [1.82, 2.24) is 0 Å². The zero-order valence-electron chi connectivity index (χ0n) is 5.96. The summed E-state index contributed by atoms with van der Waals surface area (Å²) < 4.78 is 4.65. The molecule has 0 bridgehead atoms. The van der Waals surface area contributed by atoms with E-state index in [1.54, 1.807) is 6.07 Å². The molecule has 0 N–H and O–H groups in total. The predicted molar refractivity (Wildman–Crippen MR) is 40.0 cm³/mol. The summed E-state index contributed by atoms with van der Waals surface area (Å²) >= 11 is 0. The molecule has 0 saturated carbocycles. The Morgan fingerprint density at radius 1 is 1.60 bits per heavy atom. The van der Waals surface area contributed by atoms with Gasteiger partial charge in [-0.05, 0) is 13.0 Å². The van der Waals surface area contributed by atoms with Gasteiger partial charge in [0, 0.05) is 0 Å². The molecule has 2 heteroatoms. The third-order valence-electron chi connectivity index (χ3n) is 0.928. The third-order valence-corrected chi connectivity index (χ3v) is 0.928. The molecule has 0 radical (unpaired) electrons. The first-order valence-electron chi connectivity index (χ1n) is 2.84. The Morgan fingerprint density at radius 2 is 2.20 bits per heavy atom. The van der Waals surface area contributed by atoms with Crippen LogP contribution in [0.3, 0.4) is 0 Å². The summed E-state index contributed by atoms with van der Waals surface area (Å²) in [5.74, 6) is 0.0405. The fourth-order valence-corrected chi connectivity index (χ4v) is 0.465. The standard InChI is InChI=1S/C6H6O2.C2H4/c1-5(7)6-2-3-8-4-6;1-2/h2-4H,1H3;1-2H2. The highest BCUT2D eigenvalue weighted by molar-refractivity contribution is 5.93. The molecule has 0 aliphatic rings. The van der Waals surface area contributed by atoms with Crippen molar-refractivity contribution in [3.05, 3.63) is 37.3 Å². The van der Waals surface area contributed by atoms with Crippen LogP contribution < -0.4 is 0 Å². The fourth-order valence-electron chi connectivity index (χ4n) is 0.465.